The van der Waals surface area contributed by atoms with Gasteiger partial charge in [-0.25, -0.2) is 13.4 Å². The third-order valence-electron chi connectivity index (χ3n) is 3.94. The molecule has 0 fully saturated rings. The van der Waals surface area contributed by atoms with Gasteiger partial charge >= 0.3 is 0 Å². The first-order valence-electron chi connectivity index (χ1n) is 7.75. The highest BCUT2D eigenvalue weighted by Gasteiger charge is 2.09. The van der Waals surface area contributed by atoms with Crippen molar-refractivity contribution < 1.29 is 8.42 Å². The van der Waals surface area contributed by atoms with E-state index in [1.165, 1.54) is 6.26 Å². The number of fused-ring (bicyclic) bond motifs is 1. The Hall–Kier alpha value is -2.14. The topological polar surface area (TPSA) is 52.0 Å². The van der Waals surface area contributed by atoms with Gasteiger partial charge in [-0.1, -0.05) is 25.5 Å². The quantitative estimate of drug-likeness (QED) is 0.713. The monoisotopic (exact) mass is 328 g/mol. The highest BCUT2D eigenvalue weighted by Crippen LogP contribution is 2.23. The molecular formula is C18H20N2O2S. The van der Waals surface area contributed by atoms with Crippen LogP contribution in [-0.2, 0) is 16.4 Å². The third-order valence-corrected chi connectivity index (χ3v) is 5.07. The average Bonchev–Trinajstić information content (AvgIpc) is 2.94. The van der Waals surface area contributed by atoms with Crippen molar-refractivity contribution in [1.29, 1.82) is 0 Å². The maximum absolute atomic E-state index is 11.5. The average molecular weight is 328 g/mol. The second-order valence-electron chi connectivity index (χ2n) is 5.77. The Morgan fingerprint density at radius 1 is 1.04 bits per heavy atom. The van der Waals surface area contributed by atoms with Crippen LogP contribution in [-0.4, -0.2) is 24.2 Å². The zero-order valence-electron chi connectivity index (χ0n) is 13.4. The second kappa shape index (κ2) is 6.16. The Morgan fingerprint density at radius 2 is 1.78 bits per heavy atom. The summed E-state index contributed by atoms with van der Waals surface area (Å²) in [6, 6.07) is 13.0. The smallest absolute Gasteiger partial charge is 0.175 e. The molecule has 3 rings (SSSR count). The Labute approximate surface area is 136 Å². The molecule has 120 valence electrons. The van der Waals surface area contributed by atoms with Crippen LogP contribution in [0.3, 0.4) is 0 Å². The maximum atomic E-state index is 11.5. The molecule has 0 aliphatic rings. The van der Waals surface area contributed by atoms with Crippen LogP contribution in [0.25, 0.3) is 22.3 Å². The van der Waals surface area contributed by atoms with Crippen molar-refractivity contribution in [2.24, 2.45) is 0 Å². The lowest BCUT2D eigenvalue weighted by Gasteiger charge is -2.06. The number of hydrogen-bond donors (Lipinski definition) is 0. The summed E-state index contributed by atoms with van der Waals surface area (Å²) in [5.74, 6) is 0. The number of aryl methyl sites for hydroxylation is 1. The van der Waals surface area contributed by atoms with Crippen LogP contribution in [0.15, 0.2) is 53.6 Å². The van der Waals surface area contributed by atoms with Crippen molar-refractivity contribution in [2.45, 2.75) is 31.2 Å². The van der Waals surface area contributed by atoms with Gasteiger partial charge in [0, 0.05) is 29.9 Å². The maximum Gasteiger partial charge on any atom is 0.175 e. The number of hydrogen-bond acceptors (Lipinski definition) is 3. The van der Waals surface area contributed by atoms with Gasteiger partial charge in [0.05, 0.1) is 10.6 Å². The van der Waals surface area contributed by atoms with E-state index in [1.54, 1.807) is 12.1 Å². The third kappa shape index (κ3) is 3.29. The van der Waals surface area contributed by atoms with Gasteiger partial charge in [-0.15, -0.1) is 0 Å². The van der Waals surface area contributed by atoms with Gasteiger partial charge < -0.3 is 4.57 Å². The molecule has 0 bridgehead atoms. The summed E-state index contributed by atoms with van der Waals surface area (Å²) in [5, 5.41) is 1.12. The summed E-state index contributed by atoms with van der Waals surface area (Å²) in [6.07, 6.45) is 5.56. The summed E-state index contributed by atoms with van der Waals surface area (Å²) in [6.45, 7) is 3.14. The van der Waals surface area contributed by atoms with Crippen molar-refractivity contribution in [3.05, 3.63) is 48.7 Å². The van der Waals surface area contributed by atoms with Gasteiger partial charge in [-0.05, 0) is 36.8 Å². The standard InChI is InChI=1S/C18H20N2O2S/c1-3-4-12-20-13-11-15-7-10-17(19-18(15)20)14-5-8-16(9-6-14)23(2,21)22/h5-11,13H,3-4,12H2,1-2H3. The van der Waals surface area contributed by atoms with Gasteiger partial charge in [0.1, 0.15) is 5.65 Å². The molecule has 23 heavy (non-hydrogen) atoms. The van der Waals surface area contributed by atoms with E-state index in [0.717, 1.165) is 41.7 Å². The number of benzene rings is 1. The van der Waals surface area contributed by atoms with Gasteiger partial charge in [0.15, 0.2) is 9.84 Å². The van der Waals surface area contributed by atoms with E-state index in [1.807, 2.05) is 18.2 Å². The normalized spacial score (nSPS) is 11.9. The Morgan fingerprint density at radius 3 is 2.43 bits per heavy atom. The van der Waals surface area contributed by atoms with Crippen LogP contribution in [0.2, 0.25) is 0 Å². The van der Waals surface area contributed by atoms with Crippen molar-refractivity contribution in [3.63, 3.8) is 0 Å². The molecular weight excluding hydrogens is 308 g/mol. The van der Waals surface area contributed by atoms with Gasteiger partial charge in [-0.2, -0.15) is 0 Å². The summed E-state index contributed by atoms with van der Waals surface area (Å²) in [4.78, 5) is 5.09. The number of aromatic nitrogens is 2. The first-order chi connectivity index (χ1) is 11.0. The van der Waals surface area contributed by atoms with E-state index in [4.69, 9.17) is 4.98 Å². The molecule has 0 aliphatic carbocycles. The van der Waals surface area contributed by atoms with E-state index in [2.05, 4.69) is 29.8 Å². The fourth-order valence-corrected chi connectivity index (χ4v) is 3.23. The zero-order chi connectivity index (χ0) is 16.4. The van der Waals surface area contributed by atoms with Crippen molar-refractivity contribution in [1.82, 2.24) is 9.55 Å². The zero-order valence-corrected chi connectivity index (χ0v) is 14.2. The Bertz CT molecular complexity index is 925. The molecule has 0 saturated heterocycles. The molecule has 5 heteroatoms. The van der Waals surface area contributed by atoms with E-state index >= 15 is 0 Å². The van der Waals surface area contributed by atoms with Crippen LogP contribution < -0.4 is 0 Å². The fraction of sp³-hybridized carbons (Fsp3) is 0.278. The molecule has 2 heterocycles. The molecule has 0 saturated carbocycles. The van der Waals surface area contributed by atoms with Gasteiger partial charge in [0.2, 0.25) is 0 Å². The number of sulfone groups is 1. The first-order valence-corrected chi connectivity index (χ1v) is 9.64. The molecule has 0 N–H and O–H groups in total. The van der Waals surface area contributed by atoms with Crippen molar-refractivity contribution >= 4 is 20.9 Å². The van der Waals surface area contributed by atoms with Crippen LogP contribution in [0.5, 0.6) is 0 Å². The number of pyridine rings is 1. The highest BCUT2D eigenvalue weighted by atomic mass is 32.2. The molecule has 0 spiro atoms. The molecule has 2 aromatic heterocycles. The summed E-state index contributed by atoms with van der Waals surface area (Å²) >= 11 is 0. The fourth-order valence-electron chi connectivity index (χ4n) is 2.60. The van der Waals surface area contributed by atoms with E-state index < -0.39 is 9.84 Å². The van der Waals surface area contributed by atoms with Gasteiger partial charge in [0.25, 0.3) is 0 Å². The number of unbranched alkanes of at least 4 members (excludes halogenated alkanes) is 1. The largest absolute Gasteiger partial charge is 0.332 e. The minimum Gasteiger partial charge on any atom is -0.332 e. The lowest BCUT2D eigenvalue weighted by atomic mass is 10.1. The Kier molecular flexibility index (Phi) is 4.22. The molecule has 0 aliphatic heterocycles. The molecule has 3 aromatic rings. The lowest BCUT2D eigenvalue weighted by molar-refractivity contribution is 0.602. The van der Waals surface area contributed by atoms with Crippen molar-refractivity contribution in [3.8, 4) is 11.3 Å². The van der Waals surface area contributed by atoms with E-state index in [9.17, 15) is 8.42 Å². The van der Waals surface area contributed by atoms with Crippen LogP contribution >= 0.6 is 0 Å². The minimum absolute atomic E-state index is 0.327. The van der Waals surface area contributed by atoms with Crippen LogP contribution in [0.4, 0.5) is 0 Å². The molecule has 1 aromatic carbocycles. The molecule has 4 nitrogen and oxygen atoms in total. The van der Waals surface area contributed by atoms with Gasteiger partial charge in [-0.3, -0.25) is 0 Å². The summed E-state index contributed by atoms with van der Waals surface area (Å²) in [7, 11) is -3.17. The minimum atomic E-state index is -3.17. The van der Waals surface area contributed by atoms with E-state index in [0.29, 0.717) is 4.90 Å². The van der Waals surface area contributed by atoms with Crippen LogP contribution in [0, 0.1) is 0 Å². The summed E-state index contributed by atoms with van der Waals surface area (Å²) < 4.78 is 25.3. The van der Waals surface area contributed by atoms with Crippen molar-refractivity contribution in [2.75, 3.05) is 6.26 Å². The molecule has 0 amide bonds. The molecule has 0 radical (unpaired) electrons. The first kappa shape index (κ1) is 15.7. The predicted molar refractivity (Wildman–Crippen MR) is 93.2 cm³/mol. The number of rotatable bonds is 5. The SMILES string of the molecule is CCCCn1ccc2ccc(-c3ccc(S(C)(=O)=O)cc3)nc21. The predicted octanol–water partition coefficient (Wildman–Crippen LogP) is 3.91. The molecule has 0 unspecified atom stereocenters. The number of nitrogens with zero attached hydrogens (tertiary/aromatic N) is 2. The van der Waals surface area contributed by atoms with Crippen LogP contribution in [0.1, 0.15) is 19.8 Å². The summed E-state index contributed by atoms with van der Waals surface area (Å²) in [5.41, 5.74) is 2.75. The second-order valence-corrected chi connectivity index (χ2v) is 7.78. The molecule has 0 atom stereocenters. The lowest BCUT2D eigenvalue weighted by Crippen LogP contribution is -1.98. The Balaban J connectivity index is 1.99. The van der Waals surface area contributed by atoms with E-state index in [-0.39, 0.29) is 0 Å². The highest BCUT2D eigenvalue weighted by molar-refractivity contribution is 7.90.